The van der Waals surface area contributed by atoms with Gasteiger partial charge in [-0.2, -0.15) is 0 Å². The van der Waals surface area contributed by atoms with Crippen molar-refractivity contribution in [2.24, 2.45) is 0 Å². The van der Waals surface area contributed by atoms with Crippen LogP contribution in [-0.4, -0.2) is 8.80 Å². The van der Waals surface area contributed by atoms with E-state index in [0.29, 0.717) is 5.56 Å². The molecule has 0 atom stereocenters. The molecule has 0 spiro atoms. The minimum absolute atomic E-state index is 0.119. The van der Waals surface area contributed by atoms with Crippen LogP contribution in [-0.2, 0) is 19.3 Å². The normalized spacial score (nSPS) is 18.3. The second kappa shape index (κ2) is 13.0. The fourth-order valence-electron chi connectivity index (χ4n) is 5.62. The van der Waals surface area contributed by atoms with Gasteiger partial charge in [0.15, 0.2) is 0 Å². The fraction of sp³-hybridized carbons (Fsp3) is 0.394. The summed E-state index contributed by atoms with van der Waals surface area (Å²) in [4.78, 5) is 0. The summed E-state index contributed by atoms with van der Waals surface area (Å²) in [5, 5.41) is 0. The SMILES string of the molecule is CC=CCC[Si@H]1CC[C@H](c2ccc(CCc3ccc(-c4ccc(CCC)cc4)c(F)c3)cc2)CC1. The Balaban J connectivity index is 1.28. The van der Waals surface area contributed by atoms with Crippen LogP contribution in [0.5, 0.6) is 0 Å². The zero-order chi connectivity index (χ0) is 24.5. The van der Waals surface area contributed by atoms with Crippen LogP contribution in [0, 0.1) is 5.82 Å². The Labute approximate surface area is 213 Å². The first-order valence-corrected chi connectivity index (χ1v) is 16.2. The Morgan fingerprint density at radius 1 is 0.829 bits per heavy atom. The molecule has 0 aromatic heterocycles. The summed E-state index contributed by atoms with van der Waals surface area (Å²) in [5.74, 6) is 0.637. The van der Waals surface area contributed by atoms with Crippen LogP contribution in [0.1, 0.15) is 67.7 Å². The van der Waals surface area contributed by atoms with Gasteiger partial charge in [-0.1, -0.05) is 104 Å². The van der Waals surface area contributed by atoms with Gasteiger partial charge < -0.3 is 0 Å². The molecule has 1 aliphatic heterocycles. The Morgan fingerprint density at radius 3 is 2.11 bits per heavy atom. The van der Waals surface area contributed by atoms with Gasteiger partial charge in [-0.3, -0.25) is 0 Å². The van der Waals surface area contributed by atoms with Gasteiger partial charge in [0.25, 0.3) is 0 Å². The standard InChI is InChI=1S/C33H41FSi/c1-3-5-6-22-35-23-20-30(21-24-35)29-15-10-27(11-16-29)8-9-28-14-19-32(33(34)25-28)31-17-12-26(7-4-2)13-18-31/h3,5,10-19,25,30,35H,4,6-9,20-24H2,1-2H3/t30-,35-. The summed E-state index contributed by atoms with van der Waals surface area (Å²) >= 11 is 0. The highest BCUT2D eigenvalue weighted by molar-refractivity contribution is 6.59. The zero-order valence-corrected chi connectivity index (χ0v) is 22.8. The van der Waals surface area contributed by atoms with Crippen molar-refractivity contribution < 1.29 is 4.39 Å². The molecule has 0 N–H and O–H groups in total. The largest absolute Gasteiger partial charge is 0.206 e. The monoisotopic (exact) mass is 484 g/mol. The predicted molar refractivity (Wildman–Crippen MR) is 153 cm³/mol. The van der Waals surface area contributed by atoms with Crippen LogP contribution in [0.15, 0.2) is 78.9 Å². The summed E-state index contributed by atoms with van der Waals surface area (Å²) in [6, 6.07) is 27.9. The molecule has 2 heteroatoms. The Bertz CT molecular complexity index is 1070. The molecule has 0 bridgehead atoms. The van der Waals surface area contributed by atoms with Gasteiger partial charge in [-0.15, -0.1) is 0 Å². The second-order valence-corrected chi connectivity index (χ2v) is 13.8. The molecule has 1 saturated heterocycles. The average molecular weight is 485 g/mol. The summed E-state index contributed by atoms with van der Waals surface area (Å²) in [7, 11) is -0.491. The molecule has 35 heavy (non-hydrogen) atoms. The number of hydrogen-bond acceptors (Lipinski definition) is 0. The maximum atomic E-state index is 14.9. The molecule has 0 saturated carbocycles. The summed E-state index contributed by atoms with van der Waals surface area (Å²) in [5.41, 5.74) is 6.90. The van der Waals surface area contributed by atoms with E-state index in [1.165, 1.54) is 54.1 Å². The first-order chi connectivity index (χ1) is 17.2. The van der Waals surface area contributed by atoms with E-state index in [0.717, 1.165) is 42.7 Å². The van der Waals surface area contributed by atoms with Gasteiger partial charge >= 0.3 is 0 Å². The summed E-state index contributed by atoms with van der Waals surface area (Å²) < 4.78 is 14.9. The fourth-order valence-corrected chi connectivity index (χ4v) is 8.89. The number of benzene rings is 3. The van der Waals surface area contributed by atoms with Crippen molar-refractivity contribution in [2.75, 3.05) is 0 Å². The molecule has 1 aliphatic rings. The molecule has 0 nitrogen and oxygen atoms in total. The number of allylic oxidation sites excluding steroid dienone is 2. The molecule has 3 aromatic rings. The molecular formula is C33H41FSi. The number of halogens is 1. The van der Waals surface area contributed by atoms with Crippen molar-refractivity contribution in [1.82, 2.24) is 0 Å². The summed E-state index contributed by atoms with van der Waals surface area (Å²) in [6.07, 6.45) is 12.6. The molecule has 4 rings (SSSR count). The molecule has 184 valence electrons. The first kappa shape index (κ1) is 25.6. The van der Waals surface area contributed by atoms with Crippen molar-refractivity contribution in [3.05, 3.63) is 107 Å². The molecule has 0 radical (unpaired) electrons. The zero-order valence-electron chi connectivity index (χ0n) is 21.6. The molecule has 3 aromatic carbocycles. The summed E-state index contributed by atoms with van der Waals surface area (Å²) in [6.45, 7) is 4.31. The highest BCUT2D eigenvalue weighted by Gasteiger charge is 2.22. The lowest BCUT2D eigenvalue weighted by molar-refractivity contribution is 0.606. The maximum absolute atomic E-state index is 14.9. The molecule has 1 fully saturated rings. The maximum Gasteiger partial charge on any atom is 0.131 e. The molecular weight excluding hydrogens is 443 g/mol. The van der Waals surface area contributed by atoms with E-state index in [2.05, 4.69) is 68.5 Å². The Hall–Kier alpha value is -2.45. The number of hydrogen-bond donors (Lipinski definition) is 0. The van der Waals surface area contributed by atoms with Gasteiger partial charge in [0.1, 0.15) is 5.82 Å². The highest BCUT2D eigenvalue weighted by Crippen LogP contribution is 2.35. The van der Waals surface area contributed by atoms with E-state index in [-0.39, 0.29) is 5.82 Å². The number of aryl methyl sites for hydroxylation is 3. The highest BCUT2D eigenvalue weighted by atomic mass is 28.3. The third kappa shape index (κ3) is 7.27. The predicted octanol–water partition coefficient (Wildman–Crippen LogP) is 9.30. The van der Waals surface area contributed by atoms with Gasteiger partial charge in [0, 0.05) is 14.4 Å². The van der Waals surface area contributed by atoms with Crippen molar-refractivity contribution in [3.63, 3.8) is 0 Å². The lowest BCUT2D eigenvalue weighted by Crippen LogP contribution is -2.20. The van der Waals surface area contributed by atoms with E-state index in [9.17, 15) is 4.39 Å². The average Bonchev–Trinajstić information content (AvgIpc) is 2.89. The van der Waals surface area contributed by atoms with E-state index in [1.54, 1.807) is 6.07 Å². The Morgan fingerprint density at radius 2 is 1.46 bits per heavy atom. The minimum atomic E-state index is -0.491. The first-order valence-electron chi connectivity index (χ1n) is 13.7. The molecule has 0 amide bonds. The van der Waals surface area contributed by atoms with Crippen LogP contribution < -0.4 is 0 Å². The van der Waals surface area contributed by atoms with Crippen LogP contribution >= 0.6 is 0 Å². The lowest BCUT2D eigenvalue weighted by Gasteiger charge is -2.28. The van der Waals surface area contributed by atoms with E-state index in [4.69, 9.17) is 0 Å². The third-order valence-corrected chi connectivity index (χ3v) is 11.3. The third-order valence-electron chi connectivity index (χ3n) is 7.81. The van der Waals surface area contributed by atoms with E-state index >= 15 is 0 Å². The molecule has 0 unspecified atom stereocenters. The quantitative estimate of drug-likeness (QED) is 0.199. The Kier molecular flexibility index (Phi) is 9.54. The topological polar surface area (TPSA) is 0 Å². The van der Waals surface area contributed by atoms with Crippen LogP contribution in [0.3, 0.4) is 0 Å². The van der Waals surface area contributed by atoms with Gasteiger partial charge in [0.05, 0.1) is 0 Å². The van der Waals surface area contributed by atoms with Crippen LogP contribution in [0.4, 0.5) is 4.39 Å². The lowest BCUT2D eigenvalue weighted by atomic mass is 9.92. The smallest absolute Gasteiger partial charge is 0.131 e. The van der Waals surface area contributed by atoms with Crippen LogP contribution in [0.2, 0.25) is 18.1 Å². The van der Waals surface area contributed by atoms with Gasteiger partial charge in [-0.25, -0.2) is 4.39 Å². The van der Waals surface area contributed by atoms with E-state index in [1.807, 2.05) is 18.2 Å². The minimum Gasteiger partial charge on any atom is -0.206 e. The van der Waals surface area contributed by atoms with Crippen molar-refractivity contribution in [3.8, 4) is 11.1 Å². The van der Waals surface area contributed by atoms with Gasteiger partial charge in [-0.05, 0) is 85.3 Å². The molecule has 0 aliphatic carbocycles. The number of rotatable bonds is 10. The van der Waals surface area contributed by atoms with Crippen molar-refractivity contribution in [2.45, 2.75) is 82.8 Å². The molecule has 1 heterocycles. The van der Waals surface area contributed by atoms with Crippen LogP contribution in [0.25, 0.3) is 11.1 Å². The second-order valence-electron chi connectivity index (χ2n) is 10.4. The van der Waals surface area contributed by atoms with Crippen molar-refractivity contribution in [1.29, 1.82) is 0 Å². The van der Waals surface area contributed by atoms with Gasteiger partial charge in [0.2, 0.25) is 0 Å². The van der Waals surface area contributed by atoms with Crippen molar-refractivity contribution >= 4 is 8.80 Å². The van der Waals surface area contributed by atoms with E-state index < -0.39 is 8.80 Å².